The molecule has 1 amide bonds. The highest BCUT2D eigenvalue weighted by molar-refractivity contribution is 7.80. The zero-order chi connectivity index (χ0) is 15.7. The maximum Gasteiger partial charge on any atom is 0.251 e. The molecular formula is C16H19N3O2S. The second-order valence-electron chi connectivity index (χ2n) is 5.56. The molecule has 1 atom stereocenters. The van der Waals surface area contributed by atoms with Crippen LogP contribution >= 0.6 is 12.2 Å². The summed E-state index contributed by atoms with van der Waals surface area (Å²) in [5.41, 5.74) is 2.33. The standard InChI is InChI=1S/C16H19N3O2S/c1-9-13(15(20)18-10-7-8-10)14(19-16(22)17-9)11-5-3-4-6-12(11)21-2/h3-6,10,14H,7-8H2,1-2H3,(H,18,20)(H2,17,19,22)/t14-/m0/s1. The van der Waals surface area contributed by atoms with Gasteiger partial charge in [0.1, 0.15) is 5.75 Å². The Morgan fingerprint density at radius 2 is 2.09 bits per heavy atom. The van der Waals surface area contributed by atoms with Gasteiger partial charge in [-0.25, -0.2) is 0 Å². The van der Waals surface area contributed by atoms with E-state index in [0.717, 1.165) is 29.9 Å². The molecule has 1 aromatic carbocycles. The van der Waals surface area contributed by atoms with E-state index in [1.54, 1.807) is 7.11 Å². The first-order valence-electron chi connectivity index (χ1n) is 7.32. The van der Waals surface area contributed by atoms with Crippen LogP contribution in [0.15, 0.2) is 35.5 Å². The molecule has 6 heteroatoms. The van der Waals surface area contributed by atoms with E-state index in [0.29, 0.717) is 16.7 Å². The third kappa shape index (κ3) is 2.92. The van der Waals surface area contributed by atoms with E-state index in [1.807, 2.05) is 31.2 Å². The number of amides is 1. The van der Waals surface area contributed by atoms with Crippen LogP contribution in [-0.4, -0.2) is 24.2 Å². The maximum atomic E-state index is 12.6. The van der Waals surface area contributed by atoms with Crippen molar-refractivity contribution in [2.75, 3.05) is 7.11 Å². The molecule has 5 nitrogen and oxygen atoms in total. The van der Waals surface area contributed by atoms with Gasteiger partial charge in [-0.15, -0.1) is 0 Å². The van der Waals surface area contributed by atoms with Crippen molar-refractivity contribution < 1.29 is 9.53 Å². The van der Waals surface area contributed by atoms with Crippen LogP contribution in [-0.2, 0) is 4.79 Å². The molecule has 0 radical (unpaired) electrons. The molecule has 3 N–H and O–H groups in total. The summed E-state index contributed by atoms with van der Waals surface area (Å²) in [6, 6.07) is 7.65. The number of carbonyl (C=O) groups excluding carboxylic acids is 1. The molecule has 3 rings (SSSR count). The Kier molecular flexibility index (Phi) is 4.02. The molecule has 1 aliphatic carbocycles. The smallest absolute Gasteiger partial charge is 0.251 e. The highest BCUT2D eigenvalue weighted by atomic mass is 32.1. The lowest BCUT2D eigenvalue weighted by atomic mass is 9.94. The van der Waals surface area contributed by atoms with Gasteiger partial charge in [-0.2, -0.15) is 0 Å². The largest absolute Gasteiger partial charge is 0.496 e. The van der Waals surface area contributed by atoms with Gasteiger partial charge in [-0.3, -0.25) is 4.79 Å². The third-order valence-corrected chi connectivity index (χ3v) is 4.10. The number of para-hydroxylation sites is 1. The normalized spacial score (nSPS) is 21.0. The zero-order valence-electron chi connectivity index (χ0n) is 12.6. The quantitative estimate of drug-likeness (QED) is 0.739. The van der Waals surface area contributed by atoms with Crippen LogP contribution < -0.4 is 20.7 Å². The first kappa shape index (κ1) is 14.8. The van der Waals surface area contributed by atoms with Crippen molar-refractivity contribution in [3.8, 4) is 5.75 Å². The molecule has 1 aromatic rings. The fraction of sp³-hybridized carbons (Fsp3) is 0.375. The topological polar surface area (TPSA) is 62.4 Å². The highest BCUT2D eigenvalue weighted by Gasteiger charge is 2.34. The highest BCUT2D eigenvalue weighted by Crippen LogP contribution is 2.33. The zero-order valence-corrected chi connectivity index (χ0v) is 13.4. The molecule has 1 fully saturated rings. The Bertz CT molecular complexity index is 653. The summed E-state index contributed by atoms with van der Waals surface area (Å²) >= 11 is 5.25. The average Bonchev–Trinajstić information content (AvgIpc) is 3.30. The fourth-order valence-corrected chi connectivity index (χ4v) is 2.89. The summed E-state index contributed by atoms with van der Waals surface area (Å²) in [4.78, 5) is 12.6. The first-order valence-corrected chi connectivity index (χ1v) is 7.73. The van der Waals surface area contributed by atoms with Crippen molar-refractivity contribution in [2.24, 2.45) is 0 Å². The number of hydrogen-bond acceptors (Lipinski definition) is 3. The van der Waals surface area contributed by atoms with E-state index in [2.05, 4.69) is 16.0 Å². The van der Waals surface area contributed by atoms with Crippen molar-refractivity contribution in [3.63, 3.8) is 0 Å². The van der Waals surface area contributed by atoms with Crippen LogP contribution in [0.4, 0.5) is 0 Å². The molecule has 1 aliphatic heterocycles. The van der Waals surface area contributed by atoms with Crippen molar-refractivity contribution in [1.29, 1.82) is 0 Å². The van der Waals surface area contributed by atoms with Gasteiger partial charge < -0.3 is 20.7 Å². The molecule has 1 saturated carbocycles. The summed E-state index contributed by atoms with van der Waals surface area (Å²) in [5, 5.41) is 9.78. The second kappa shape index (κ2) is 5.96. The van der Waals surface area contributed by atoms with E-state index in [1.165, 1.54) is 0 Å². The SMILES string of the molecule is COc1ccccc1[C@@H]1NC(=S)NC(C)=C1C(=O)NC1CC1. The number of hydrogen-bond donors (Lipinski definition) is 3. The van der Waals surface area contributed by atoms with Crippen molar-refractivity contribution in [1.82, 2.24) is 16.0 Å². The predicted molar refractivity (Wildman–Crippen MR) is 88.5 cm³/mol. The van der Waals surface area contributed by atoms with Gasteiger partial charge in [0.15, 0.2) is 5.11 Å². The van der Waals surface area contributed by atoms with Crippen LogP contribution in [0, 0.1) is 0 Å². The lowest BCUT2D eigenvalue weighted by Gasteiger charge is -2.31. The minimum atomic E-state index is -0.316. The van der Waals surface area contributed by atoms with Crippen LogP contribution in [0.5, 0.6) is 5.75 Å². The van der Waals surface area contributed by atoms with Gasteiger partial charge in [-0.05, 0) is 38.0 Å². The lowest BCUT2D eigenvalue weighted by Crippen LogP contribution is -2.47. The Morgan fingerprint density at radius 1 is 1.36 bits per heavy atom. The summed E-state index contributed by atoms with van der Waals surface area (Å²) in [7, 11) is 1.62. The number of methoxy groups -OCH3 is 1. The summed E-state index contributed by atoms with van der Waals surface area (Å²) in [5.74, 6) is 0.674. The number of allylic oxidation sites excluding steroid dienone is 1. The van der Waals surface area contributed by atoms with Crippen LogP contribution in [0.2, 0.25) is 0 Å². The molecule has 22 heavy (non-hydrogen) atoms. The van der Waals surface area contributed by atoms with Crippen LogP contribution in [0.25, 0.3) is 0 Å². The molecule has 0 spiro atoms. The van der Waals surface area contributed by atoms with Gasteiger partial charge in [0.25, 0.3) is 5.91 Å². The second-order valence-corrected chi connectivity index (χ2v) is 5.97. The van der Waals surface area contributed by atoms with Gasteiger partial charge in [0.05, 0.1) is 18.7 Å². The molecule has 116 valence electrons. The summed E-state index contributed by atoms with van der Waals surface area (Å²) < 4.78 is 5.43. The fourth-order valence-electron chi connectivity index (χ4n) is 2.62. The van der Waals surface area contributed by atoms with Gasteiger partial charge in [-0.1, -0.05) is 18.2 Å². The van der Waals surface area contributed by atoms with E-state index >= 15 is 0 Å². The number of rotatable bonds is 4. The van der Waals surface area contributed by atoms with E-state index < -0.39 is 0 Å². The van der Waals surface area contributed by atoms with E-state index in [4.69, 9.17) is 17.0 Å². The van der Waals surface area contributed by atoms with Gasteiger partial charge >= 0.3 is 0 Å². The number of carbonyl (C=O) groups is 1. The van der Waals surface area contributed by atoms with Gasteiger partial charge in [0, 0.05) is 17.3 Å². The monoisotopic (exact) mass is 317 g/mol. The van der Waals surface area contributed by atoms with Crippen molar-refractivity contribution >= 4 is 23.2 Å². The van der Waals surface area contributed by atoms with Crippen molar-refractivity contribution in [2.45, 2.75) is 31.8 Å². The summed E-state index contributed by atoms with van der Waals surface area (Å²) in [6.07, 6.45) is 2.10. The summed E-state index contributed by atoms with van der Waals surface area (Å²) in [6.45, 7) is 1.87. The Labute approximate surface area is 135 Å². The lowest BCUT2D eigenvalue weighted by molar-refractivity contribution is -0.118. The van der Waals surface area contributed by atoms with E-state index in [9.17, 15) is 4.79 Å². The molecule has 0 unspecified atom stereocenters. The van der Waals surface area contributed by atoms with Crippen LogP contribution in [0.3, 0.4) is 0 Å². The van der Waals surface area contributed by atoms with Gasteiger partial charge in [0.2, 0.25) is 0 Å². The number of nitrogens with one attached hydrogen (secondary N) is 3. The first-order chi connectivity index (χ1) is 10.6. The predicted octanol–water partition coefficient (Wildman–Crippen LogP) is 1.77. The molecule has 2 aliphatic rings. The number of ether oxygens (including phenoxy) is 1. The molecule has 0 saturated heterocycles. The molecule has 0 aromatic heterocycles. The Morgan fingerprint density at radius 3 is 2.77 bits per heavy atom. The maximum absolute atomic E-state index is 12.6. The molecular weight excluding hydrogens is 298 g/mol. The number of benzene rings is 1. The minimum Gasteiger partial charge on any atom is -0.496 e. The van der Waals surface area contributed by atoms with Crippen LogP contribution in [0.1, 0.15) is 31.4 Å². The van der Waals surface area contributed by atoms with Crippen molar-refractivity contribution in [3.05, 3.63) is 41.1 Å². The Balaban J connectivity index is 1.99. The third-order valence-electron chi connectivity index (χ3n) is 3.88. The van der Waals surface area contributed by atoms with E-state index in [-0.39, 0.29) is 11.9 Å². The molecule has 1 heterocycles. The minimum absolute atomic E-state index is 0.0570. The average molecular weight is 317 g/mol. The molecule has 0 bridgehead atoms. The Hall–Kier alpha value is -2.08. The number of thiocarbonyl (C=S) groups is 1.